The second-order valence-electron chi connectivity index (χ2n) is 5.26. The molecular weight excluding hydrogens is 336 g/mol. The topological polar surface area (TPSA) is 81.4 Å². The molecule has 0 atom stereocenters. The van der Waals surface area contributed by atoms with Gasteiger partial charge in [-0.3, -0.25) is 0 Å². The zero-order valence-corrected chi connectivity index (χ0v) is 14.1. The minimum Gasteiger partial charge on any atom is -0.493 e. The lowest BCUT2D eigenvalue weighted by Crippen LogP contribution is -2.26. The molecule has 2 aromatic carbocycles. The molecule has 7 heteroatoms. The van der Waals surface area contributed by atoms with E-state index in [-0.39, 0.29) is 17.3 Å². The number of anilines is 1. The van der Waals surface area contributed by atoms with E-state index in [1.807, 2.05) is 24.3 Å². The van der Waals surface area contributed by atoms with Gasteiger partial charge in [-0.1, -0.05) is 12.1 Å². The number of fused-ring (bicyclic) bond motifs is 1. The number of nitrogens with two attached hydrogens (primary N) is 1. The van der Waals surface area contributed by atoms with Gasteiger partial charge in [0.25, 0.3) is 0 Å². The van der Waals surface area contributed by atoms with Gasteiger partial charge in [0.15, 0.2) is 0 Å². The monoisotopic (exact) mass is 354 g/mol. The highest BCUT2D eigenvalue weighted by atomic mass is 35.5. The zero-order valence-electron chi connectivity index (χ0n) is 12.5. The van der Waals surface area contributed by atoms with Crippen molar-refractivity contribution in [2.24, 2.45) is 0 Å². The van der Waals surface area contributed by atoms with E-state index in [0.29, 0.717) is 25.3 Å². The summed E-state index contributed by atoms with van der Waals surface area (Å²) in [4.78, 5) is 0.286. The van der Waals surface area contributed by atoms with E-state index in [4.69, 9.17) is 10.5 Å². The van der Waals surface area contributed by atoms with Gasteiger partial charge in [0.1, 0.15) is 5.75 Å². The van der Waals surface area contributed by atoms with Gasteiger partial charge in [0, 0.05) is 18.7 Å². The lowest BCUT2D eigenvalue weighted by atomic mass is 10.1. The van der Waals surface area contributed by atoms with Crippen molar-refractivity contribution < 1.29 is 13.2 Å². The van der Waals surface area contributed by atoms with Crippen molar-refractivity contribution in [1.82, 2.24) is 4.72 Å². The summed E-state index contributed by atoms with van der Waals surface area (Å²) in [6, 6.07) is 12.4. The van der Waals surface area contributed by atoms with Crippen LogP contribution in [0.4, 0.5) is 5.69 Å². The maximum absolute atomic E-state index is 12.3. The Kier molecular flexibility index (Phi) is 5.51. The minimum atomic E-state index is -3.49. The predicted molar refractivity (Wildman–Crippen MR) is 92.6 cm³/mol. The van der Waals surface area contributed by atoms with Crippen LogP contribution in [0.5, 0.6) is 5.75 Å². The fourth-order valence-electron chi connectivity index (χ4n) is 2.43. The molecule has 124 valence electrons. The lowest BCUT2D eigenvalue weighted by molar-refractivity contribution is 0.356. The van der Waals surface area contributed by atoms with Gasteiger partial charge >= 0.3 is 0 Å². The van der Waals surface area contributed by atoms with Crippen LogP contribution in [0.25, 0.3) is 0 Å². The van der Waals surface area contributed by atoms with E-state index < -0.39 is 10.0 Å². The van der Waals surface area contributed by atoms with Gasteiger partial charge in [0.2, 0.25) is 10.0 Å². The van der Waals surface area contributed by atoms with Crippen LogP contribution in [0.1, 0.15) is 11.1 Å². The van der Waals surface area contributed by atoms with Crippen molar-refractivity contribution in [2.75, 3.05) is 18.9 Å². The van der Waals surface area contributed by atoms with Crippen LogP contribution in [0, 0.1) is 0 Å². The maximum Gasteiger partial charge on any atom is 0.240 e. The Morgan fingerprint density at radius 2 is 1.87 bits per heavy atom. The summed E-state index contributed by atoms with van der Waals surface area (Å²) in [6.45, 7) is 0.962. The number of sulfonamides is 1. The molecule has 2 aromatic rings. The molecule has 0 aromatic heterocycles. The van der Waals surface area contributed by atoms with Gasteiger partial charge < -0.3 is 10.5 Å². The van der Waals surface area contributed by atoms with Crippen LogP contribution in [0.3, 0.4) is 0 Å². The summed E-state index contributed by atoms with van der Waals surface area (Å²) in [5.74, 6) is 0.779. The smallest absolute Gasteiger partial charge is 0.240 e. The van der Waals surface area contributed by atoms with Crippen molar-refractivity contribution in [3.05, 3.63) is 53.6 Å². The molecule has 0 unspecified atom stereocenters. The fraction of sp³-hybridized carbons (Fsp3) is 0.250. The summed E-state index contributed by atoms with van der Waals surface area (Å²) in [5.41, 5.74) is 8.31. The van der Waals surface area contributed by atoms with Crippen LogP contribution >= 0.6 is 12.4 Å². The first-order chi connectivity index (χ1) is 10.5. The number of nitrogen functional groups attached to an aromatic ring is 1. The predicted octanol–water partition coefficient (Wildman–Crippen LogP) is 2.15. The van der Waals surface area contributed by atoms with Crippen molar-refractivity contribution >= 4 is 28.1 Å². The zero-order chi connectivity index (χ0) is 15.6. The Morgan fingerprint density at radius 3 is 2.61 bits per heavy atom. The first-order valence-corrected chi connectivity index (χ1v) is 8.63. The van der Waals surface area contributed by atoms with E-state index in [0.717, 1.165) is 23.3 Å². The Hall–Kier alpha value is -1.76. The lowest BCUT2D eigenvalue weighted by Gasteiger charge is -2.08. The van der Waals surface area contributed by atoms with Gasteiger partial charge in [0.05, 0.1) is 11.5 Å². The largest absolute Gasteiger partial charge is 0.493 e. The fourth-order valence-corrected chi connectivity index (χ4v) is 3.51. The normalized spacial score (nSPS) is 13.0. The van der Waals surface area contributed by atoms with Gasteiger partial charge in [-0.2, -0.15) is 0 Å². The first-order valence-electron chi connectivity index (χ1n) is 7.14. The van der Waals surface area contributed by atoms with Crippen molar-refractivity contribution in [2.45, 2.75) is 17.7 Å². The molecular formula is C16H19ClN2O3S. The molecule has 1 aliphatic rings. The van der Waals surface area contributed by atoms with E-state index in [1.165, 1.54) is 0 Å². The second kappa shape index (κ2) is 7.21. The number of rotatable bonds is 5. The minimum absolute atomic E-state index is 0. The number of nitrogens with one attached hydrogen (secondary N) is 1. The molecule has 3 rings (SSSR count). The van der Waals surface area contributed by atoms with Crippen LogP contribution in [0.15, 0.2) is 47.4 Å². The first kappa shape index (κ1) is 17.6. The highest BCUT2D eigenvalue weighted by Crippen LogP contribution is 2.27. The molecule has 1 heterocycles. The van der Waals surface area contributed by atoms with E-state index in [1.54, 1.807) is 18.2 Å². The quantitative estimate of drug-likeness (QED) is 0.806. The molecule has 3 N–H and O–H groups in total. The molecule has 23 heavy (non-hydrogen) atoms. The standard InChI is InChI=1S/C16H18N2O3S.ClH/c17-14-3-1-12(2-4-14)7-9-18-22(19,20)15-5-6-16-13(11-15)8-10-21-16;/h1-6,11,18H,7-10,17H2;1H. The summed E-state index contributed by atoms with van der Waals surface area (Å²) in [6.07, 6.45) is 1.37. The van der Waals surface area contributed by atoms with Gasteiger partial charge in [-0.25, -0.2) is 13.1 Å². The SMILES string of the molecule is Cl.Nc1ccc(CCNS(=O)(=O)c2ccc3c(c2)CCO3)cc1. The van der Waals surface area contributed by atoms with Crippen LogP contribution < -0.4 is 15.2 Å². The molecule has 0 fully saturated rings. The Labute approximate surface area is 142 Å². The van der Waals surface area contributed by atoms with Crippen molar-refractivity contribution in [3.63, 3.8) is 0 Å². The third-order valence-corrected chi connectivity index (χ3v) is 5.12. The molecule has 0 saturated carbocycles. The highest BCUT2D eigenvalue weighted by molar-refractivity contribution is 7.89. The number of ether oxygens (including phenoxy) is 1. The summed E-state index contributed by atoms with van der Waals surface area (Å²) in [7, 11) is -3.49. The average Bonchev–Trinajstić information content (AvgIpc) is 2.96. The van der Waals surface area contributed by atoms with E-state index in [9.17, 15) is 8.42 Å². The summed E-state index contributed by atoms with van der Waals surface area (Å²) in [5, 5.41) is 0. The third-order valence-electron chi connectivity index (χ3n) is 3.66. The maximum atomic E-state index is 12.3. The third kappa shape index (κ3) is 4.16. The van der Waals surface area contributed by atoms with Crippen molar-refractivity contribution in [1.29, 1.82) is 0 Å². The molecule has 0 aliphatic carbocycles. The molecule has 1 aliphatic heterocycles. The van der Waals surface area contributed by atoms with Crippen LogP contribution in [-0.4, -0.2) is 21.6 Å². The second-order valence-corrected chi connectivity index (χ2v) is 7.02. The molecule has 0 saturated heterocycles. The van der Waals surface area contributed by atoms with Crippen LogP contribution in [-0.2, 0) is 22.9 Å². The van der Waals surface area contributed by atoms with Gasteiger partial charge in [-0.15, -0.1) is 12.4 Å². The Bertz CT molecular complexity index is 776. The number of hydrogen-bond acceptors (Lipinski definition) is 4. The van der Waals surface area contributed by atoms with E-state index >= 15 is 0 Å². The molecule has 0 radical (unpaired) electrons. The molecule has 0 spiro atoms. The average molecular weight is 355 g/mol. The van der Waals surface area contributed by atoms with Crippen LogP contribution in [0.2, 0.25) is 0 Å². The molecule has 0 bridgehead atoms. The molecule has 5 nitrogen and oxygen atoms in total. The summed E-state index contributed by atoms with van der Waals surface area (Å²) < 4.78 is 32.6. The number of benzene rings is 2. The highest BCUT2D eigenvalue weighted by Gasteiger charge is 2.18. The Balaban J connectivity index is 0.00000192. The van der Waals surface area contributed by atoms with Crippen molar-refractivity contribution in [3.8, 4) is 5.75 Å². The number of halogens is 1. The number of hydrogen-bond donors (Lipinski definition) is 2. The van der Waals surface area contributed by atoms with E-state index in [2.05, 4.69) is 4.72 Å². The summed E-state index contributed by atoms with van der Waals surface area (Å²) >= 11 is 0. The van der Waals surface area contributed by atoms with Gasteiger partial charge in [-0.05, 0) is 47.9 Å². The molecule has 0 amide bonds. The Morgan fingerprint density at radius 1 is 1.13 bits per heavy atom.